The van der Waals surface area contributed by atoms with E-state index in [9.17, 15) is 9.90 Å². The lowest BCUT2D eigenvalue weighted by atomic mass is 9.78. The van der Waals surface area contributed by atoms with Crippen molar-refractivity contribution in [1.82, 2.24) is 0 Å². The highest BCUT2D eigenvalue weighted by atomic mass is 16.3. The average Bonchev–Trinajstić information content (AvgIpc) is 2.41. The average molecular weight is 331 g/mol. The molecule has 0 amide bonds. The van der Waals surface area contributed by atoms with Crippen molar-refractivity contribution in [3.63, 3.8) is 0 Å². The summed E-state index contributed by atoms with van der Waals surface area (Å²) in [5.41, 5.74) is 3.41. The zero-order chi connectivity index (χ0) is 18.7. The summed E-state index contributed by atoms with van der Waals surface area (Å²) in [6, 6.07) is 4.05. The Morgan fingerprint density at radius 1 is 1.04 bits per heavy atom. The van der Waals surface area contributed by atoms with Crippen LogP contribution >= 0.6 is 0 Å². The van der Waals surface area contributed by atoms with Gasteiger partial charge in [0.2, 0.25) is 0 Å². The third-order valence-electron chi connectivity index (χ3n) is 4.34. The van der Waals surface area contributed by atoms with Gasteiger partial charge in [0.25, 0.3) is 0 Å². The number of hydrogen-bond acceptors (Lipinski definition) is 2. The van der Waals surface area contributed by atoms with Gasteiger partial charge in [-0.2, -0.15) is 0 Å². The van der Waals surface area contributed by atoms with E-state index in [0.717, 1.165) is 41.5 Å². The number of phenolic OH excluding ortho intramolecular Hbond substituents is 1. The molecule has 0 spiro atoms. The Balaban J connectivity index is 3.56. The number of allylic oxidation sites excluding steroid dienone is 1. The first-order chi connectivity index (χ1) is 10.9. The molecule has 0 aliphatic carbocycles. The maximum atomic E-state index is 12.0. The molecule has 0 aromatic heterocycles. The maximum absolute atomic E-state index is 12.0. The van der Waals surface area contributed by atoms with Crippen molar-refractivity contribution < 1.29 is 9.90 Å². The van der Waals surface area contributed by atoms with E-state index in [0.29, 0.717) is 5.75 Å². The fourth-order valence-electron chi connectivity index (χ4n) is 2.80. The molecular weight excluding hydrogens is 296 g/mol. The molecule has 1 aromatic rings. The van der Waals surface area contributed by atoms with Crippen LogP contribution in [0.2, 0.25) is 0 Å². The van der Waals surface area contributed by atoms with Crippen molar-refractivity contribution in [2.24, 2.45) is 0 Å². The van der Waals surface area contributed by atoms with Gasteiger partial charge in [0, 0.05) is 11.1 Å². The molecule has 134 valence electrons. The third-order valence-corrected chi connectivity index (χ3v) is 4.34. The maximum Gasteiger partial charge on any atom is 0.155 e. The first-order valence-corrected chi connectivity index (χ1v) is 8.97. The van der Waals surface area contributed by atoms with E-state index in [2.05, 4.69) is 48.5 Å². The summed E-state index contributed by atoms with van der Waals surface area (Å²) in [6.45, 7) is 16.4. The van der Waals surface area contributed by atoms with Crippen LogP contribution < -0.4 is 0 Å². The summed E-state index contributed by atoms with van der Waals surface area (Å²) >= 11 is 0. The zero-order valence-corrected chi connectivity index (χ0v) is 16.7. The fraction of sp³-hybridized carbons (Fsp3) is 0.591. The van der Waals surface area contributed by atoms with Gasteiger partial charge in [-0.3, -0.25) is 4.79 Å². The number of phenols is 1. The van der Waals surface area contributed by atoms with Crippen LogP contribution in [0.1, 0.15) is 91.3 Å². The Kier molecular flexibility index (Phi) is 6.44. The minimum atomic E-state index is -0.159. The molecule has 2 heteroatoms. The predicted octanol–water partition coefficient (Wildman–Crippen LogP) is 6.15. The Morgan fingerprint density at radius 2 is 1.50 bits per heavy atom. The Hall–Kier alpha value is -1.57. The minimum Gasteiger partial charge on any atom is -0.507 e. The molecule has 0 fully saturated rings. The highest BCUT2D eigenvalue weighted by molar-refractivity contribution is 5.97. The molecule has 0 radical (unpaired) electrons. The molecule has 1 N–H and O–H groups in total. The lowest BCUT2D eigenvalue weighted by molar-refractivity contribution is -0.113. The standard InChI is InChI=1S/C22H34O2/c1-9-10-11-17(15(2)23)12-16-13-18(21(3,4)5)20(24)19(14-16)22(6,7)8/h12-14,24H,9-11H2,1-8H3. The second-order valence-corrected chi connectivity index (χ2v) is 8.79. The van der Waals surface area contributed by atoms with Crippen molar-refractivity contribution >= 4 is 11.9 Å². The van der Waals surface area contributed by atoms with E-state index in [1.54, 1.807) is 6.92 Å². The van der Waals surface area contributed by atoms with Gasteiger partial charge in [0.1, 0.15) is 5.75 Å². The van der Waals surface area contributed by atoms with Gasteiger partial charge in [-0.1, -0.05) is 54.9 Å². The summed E-state index contributed by atoms with van der Waals surface area (Å²) < 4.78 is 0. The molecule has 0 aliphatic rings. The highest BCUT2D eigenvalue weighted by Crippen LogP contribution is 2.40. The molecule has 0 heterocycles. The van der Waals surface area contributed by atoms with Gasteiger partial charge < -0.3 is 5.11 Å². The van der Waals surface area contributed by atoms with Crippen molar-refractivity contribution in [1.29, 1.82) is 0 Å². The molecule has 2 nitrogen and oxygen atoms in total. The van der Waals surface area contributed by atoms with E-state index >= 15 is 0 Å². The molecule has 0 atom stereocenters. The second-order valence-electron chi connectivity index (χ2n) is 8.79. The minimum absolute atomic E-state index is 0.131. The van der Waals surface area contributed by atoms with Crippen LogP contribution in [0.25, 0.3) is 6.08 Å². The van der Waals surface area contributed by atoms with Crippen molar-refractivity contribution in [2.75, 3.05) is 0 Å². The lowest BCUT2D eigenvalue weighted by Gasteiger charge is -2.28. The van der Waals surface area contributed by atoms with E-state index in [-0.39, 0.29) is 16.6 Å². The van der Waals surface area contributed by atoms with Gasteiger partial charge in [-0.15, -0.1) is 0 Å². The zero-order valence-electron chi connectivity index (χ0n) is 16.7. The first kappa shape index (κ1) is 20.5. The van der Waals surface area contributed by atoms with Crippen molar-refractivity contribution in [2.45, 2.75) is 85.5 Å². The highest BCUT2D eigenvalue weighted by Gasteiger charge is 2.26. The number of ketones is 1. The Bertz CT molecular complexity index is 587. The Morgan fingerprint density at radius 3 is 1.83 bits per heavy atom. The number of unbranched alkanes of at least 4 members (excludes halogenated alkanes) is 1. The van der Waals surface area contributed by atoms with Crippen LogP contribution in [0.5, 0.6) is 5.75 Å². The van der Waals surface area contributed by atoms with Crippen LogP contribution in [0.15, 0.2) is 17.7 Å². The molecule has 0 aliphatic heterocycles. The van der Waals surface area contributed by atoms with Crippen LogP contribution in [-0.4, -0.2) is 10.9 Å². The number of rotatable bonds is 5. The van der Waals surface area contributed by atoms with Gasteiger partial charge in [0.15, 0.2) is 5.78 Å². The van der Waals surface area contributed by atoms with Crippen molar-refractivity contribution in [3.8, 4) is 5.75 Å². The number of aromatic hydroxyl groups is 1. The fourth-order valence-corrected chi connectivity index (χ4v) is 2.80. The third kappa shape index (κ3) is 5.22. The van der Waals surface area contributed by atoms with Crippen LogP contribution in [0.4, 0.5) is 0 Å². The largest absolute Gasteiger partial charge is 0.507 e. The SMILES string of the molecule is CCCCC(=Cc1cc(C(C)(C)C)c(O)c(C(C)(C)C)c1)C(C)=O. The molecule has 0 unspecified atom stereocenters. The van der Waals surface area contributed by atoms with E-state index in [4.69, 9.17) is 0 Å². The summed E-state index contributed by atoms with van der Waals surface area (Å²) in [4.78, 5) is 12.0. The molecule has 0 saturated carbocycles. The number of benzene rings is 1. The number of hydrogen-bond donors (Lipinski definition) is 1. The van der Waals surface area contributed by atoms with Crippen LogP contribution in [0, 0.1) is 0 Å². The predicted molar refractivity (Wildman–Crippen MR) is 104 cm³/mol. The summed E-state index contributed by atoms with van der Waals surface area (Å²) in [7, 11) is 0. The topological polar surface area (TPSA) is 37.3 Å². The van der Waals surface area contributed by atoms with E-state index in [1.807, 2.05) is 18.2 Å². The monoisotopic (exact) mass is 330 g/mol. The van der Waals surface area contributed by atoms with E-state index < -0.39 is 0 Å². The summed E-state index contributed by atoms with van der Waals surface area (Å²) in [5.74, 6) is 0.510. The van der Waals surface area contributed by atoms with Gasteiger partial charge in [-0.05, 0) is 59.9 Å². The first-order valence-electron chi connectivity index (χ1n) is 8.97. The number of Topliss-reactive ketones (excluding diaryl/α,β-unsaturated/α-hetero) is 1. The quantitative estimate of drug-likeness (QED) is 0.657. The van der Waals surface area contributed by atoms with Crippen molar-refractivity contribution in [3.05, 3.63) is 34.4 Å². The second kappa shape index (κ2) is 7.55. The van der Waals surface area contributed by atoms with Gasteiger partial charge >= 0.3 is 0 Å². The number of carbonyl (C=O) groups is 1. The molecular formula is C22H34O2. The van der Waals surface area contributed by atoms with E-state index in [1.165, 1.54) is 0 Å². The lowest BCUT2D eigenvalue weighted by Crippen LogP contribution is -2.17. The van der Waals surface area contributed by atoms with Crippen LogP contribution in [0.3, 0.4) is 0 Å². The smallest absolute Gasteiger partial charge is 0.155 e. The molecule has 1 aromatic carbocycles. The molecule has 0 bridgehead atoms. The summed E-state index contributed by atoms with van der Waals surface area (Å²) in [6.07, 6.45) is 4.90. The molecule has 24 heavy (non-hydrogen) atoms. The van der Waals surface area contributed by atoms with Gasteiger partial charge in [0.05, 0.1) is 0 Å². The Labute approximate surface area is 148 Å². The normalized spacial score (nSPS) is 13.2. The van der Waals surface area contributed by atoms with Gasteiger partial charge in [-0.25, -0.2) is 0 Å². The molecule has 1 rings (SSSR count). The number of carbonyl (C=O) groups excluding carboxylic acids is 1. The van der Waals surface area contributed by atoms with Crippen LogP contribution in [-0.2, 0) is 15.6 Å². The summed E-state index contributed by atoms with van der Waals surface area (Å²) in [5, 5.41) is 10.8. The molecule has 0 saturated heterocycles.